The van der Waals surface area contributed by atoms with Crippen LogP contribution in [0.3, 0.4) is 0 Å². The highest BCUT2D eigenvalue weighted by atomic mass is 32.2. The molecule has 0 aliphatic rings. The molecule has 0 spiro atoms. The molecule has 0 aliphatic heterocycles. The van der Waals surface area contributed by atoms with Gasteiger partial charge >= 0.3 is 5.97 Å². The molecule has 3 aromatic heterocycles. The minimum absolute atomic E-state index is 0.110. The van der Waals surface area contributed by atoms with Gasteiger partial charge in [-0.25, -0.2) is 9.97 Å². The third kappa shape index (κ3) is 3.95. The van der Waals surface area contributed by atoms with Gasteiger partial charge in [-0.3, -0.25) is 9.59 Å². The maximum atomic E-state index is 11.9. The third-order valence-corrected chi connectivity index (χ3v) is 5.77. The summed E-state index contributed by atoms with van der Waals surface area (Å²) in [5, 5.41) is 3.61. The van der Waals surface area contributed by atoms with Crippen molar-refractivity contribution < 1.29 is 14.3 Å². The van der Waals surface area contributed by atoms with Gasteiger partial charge in [-0.2, -0.15) is 0 Å². The van der Waals surface area contributed by atoms with E-state index in [2.05, 4.69) is 9.97 Å². The summed E-state index contributed by atoms with van der Waals surface area (Å²) >= 11 is 4.21. The normalized spacial score (nSPS) is 10.8. The summed E-state index contributed by atoms with van der Waals surface area (Å²) in [6.07, 6.45) is 1.48. The molecule has 0 atom stereocenters. The lowest BCUT2D eigenvalue weighted by Gasteiger charge is -2.03. The van der Waals surface area contributed by atoms with E-state index in [-0.39, 0.29) is 18.1 Å². The molecular formula is C15H12N2O3S3. The molecule has 3 aromatic rings. The molecular weight excluding hydrogens is 352 g/mol. The van der Waals surface area contributed by atoms with Gasteiger partial charge in [0, 0.05) is 10.3 Å². The van der Waals surface area contributed by atoms with Crippen LogP contribution < -0.4 is 0 Å². The van der Waals surface area contributed by atoms with Crippen molar-refractivity contribution in [3.8, 4) is 0 Å². The van der Waals surface area contributed by atoms with E-state index in [0.717, 1.165) is 20.1 Å². The molecule has 0 unspecified atom stereocenters. The summed E-state index contributed by atoms with van der Waals surface area (Å²) in [7, 11) is 0. The van der Waals surface area contributed by atoms with Gasteiger partial charge in [0.15, 0.2) is 6.61 Å². The fourth-order valence-electron chi connectivity index (χ4n) is 1.85. The Hall–Kier alpha value is -1.77. The lowest BCUT2D eigenvalue weighted by Crippen LogP contribution is -2.14. The summed E-state index contributed by atoms with van der Waals surface area (Å²) in [5.41, 5.74) is 0. The average Bonchev–Trinajstić information content (AvgIpc) is 3.19. The molecule has 3 rings (SSSR count). The number of ether oxygens (including phenoxy) is 1. The molecule has 0 bridgehead atoms. The number of esters is 1. The van der Waals surface area contributed by atoms with Gasteiger partial charge in [0.25, 0.3) is 0 Å². The molecule has 3 heterocycles. The first-order chi connectivity index (χ1) is 11.1. The molecule has 0 aliphatic carbocycles. The number of rotatable bonds is 6. The molecule has 0 saturated carbocycles. The van der Waals surface area contributed by atoms with Crippen LogP contribution in [-0.2, 0) is 9.53 Å². The van der Waals surface area contributed by atoms with Crippen LogP contribution >= 0.6 is 34.4 Å². The van der Waals surface area contributed by atoms with Crippen LogP contribution in [0.1, 0.15) is 14.5 Å². The number of fused-ring (bicyclic) bond motifs is 1. The van der Waals surface area contributed by atoms with E-state index in [4.69, 9.17) is 4.74 Å². The number of thiophene rings is 2. The van der Waals surface area contributed by atoms with Crippen LogP contribution in [0.4, 0.5) is 0 Å². The molecule has 5 nitrogen and oxygen atoms in total. The Morgan fingerprint density at radius 2 is 2.13 bits per heavy atom. The van der Waals surface area contributed by atoms with Gasteiger partial charge in [-0.05, 0) is 30.5 Å². The van der Waals surface area contributed by atoms with Crippen LogP contribution in [-0.4, -0.2) is 34.1 Å². The fraction of sp³-hybridized carbons (Fsp3) is 0.200. The zero-order chi connectivity index (χ0) is 16.2. The van der Waals surface area contributed by atoms with Crippen molar-refractivity contribution in [1.82, 2.24) is 9.97 Å². The standard InChI is InChI=1S/C15H12N2O3S3/c1-9-2-3-12(23-9)11(18)6-20-13(19)7-22-15-10-4-5-21-14(10)16-8-17-15/h2-5,8H,6-7H2,1H3. The molecule has 8 heteroatoms. The van der Waals surface area contributed by atoms with Crippen LogP contribution in [0, 0.1) is 6.92 Å². The number of aromatic nitrogens is 2. The Morgan fingerprint density at radius 1 is 1.26 bits per heavy atom. The third-order valence-electron chi connectivity index (χ3n) is 2.93. The van der Waals surface area contributed by atoms with Crippen LogP contribution in [0.5, 0.6) is 0 Å². The van der Waals surface area contributed by atoms with Crippen molar-refractivity contribution in [2.24, 2.45) is 0 Å². The quantitative estimate of drug-likeness (QED) is 0.288. The Balaban J connectivity index is 1.52. The SMILES string of the molecule is Cc1ccc(C(=O)COC(=O)CSc2ncnc3sccc23)s1. The number of thioether (sulfide) groups is 1. The molecule has 0 amide bonds. The van der Waals surface area contributed by atoms with Crippen molar-refractivity contribution >= 4 is 56.4 Å². The second kappa shape index (κ2) is 7.20. The fourth-order valence-corrected chi connectivity index (χ4v) is 4.22. The minimum Gasteiger partial charge on any atom is -0.457 e. The van der Waals surface area contributed by atoms with Crippen molar-refractivity contribution in [2.45, 2.75) is 11.9 Å². The lowest BCUT2D eigenvalue weighted by atomic mass is 10.3. The van der Waals surface area contributed by atoms with Gasteiger partial charge in [-0.15, -0.1) is 22.7 Å². The van der Waals surface area contributed by atoms with E-state index in [0.29, 0.717) is 4.88 Å². The number of Topliss-reactive ketones (excluding diaryl/α,β-unsaturated/α-hetero) is 1. The van der Waals surface area contributed by atoms with Crippen molar-refractivity contribution in [3.05, 3.63) is 39.7 Å². The average molecular weight is 364 g/mol. The molecule has 0 fully saturated rings. The highest BCUT2D eigenvalue weighted by Crippen LogP contribution is 2.27. The number of ketones is 1. The van der Waals surface area contributed by atoms with E-state index < -0.39 is 5.97 Å². The second-order valence-corrected chi connectivity index (χ2v) is 7.75. The summed E-state index contributed by atoms with van der Waals surface area (Å²) in [4.78, 5) is 34.6. The van der Waals surface area contributed by atoms with Gasteiger partial charge in [0.05, 0.1) is 10.6 Å². The number of aryl methyl sites for hydroxylation is 1. The highest BCUT2D eigenvalue weighted by Gasteiger charge is 2.13. The number of nitrogens with zero attached hydrogens (tertiary/aromatic N) is 2. The van der Waals surface area contributed by atoms with Gasteiger partial charge in [0.1, 0.15) is 16.2 Å². The molecule has 0 saturated heterocycles. The van der Waals surface area contributed by atoms with Crippen molar-refractivity contribution in [1.29, 1.82) is 0 Å². The monoisotopic (exact) mass is 364 g/mol. The number of carbonyl (C=O) groups is 2. The molecule has 0 N–H and O–H groups in total. The highest BCUT2D eigenvalue weighted by molar-refractivity contribution is 8.00. The van der Waals surface area contributed by atoms with E-state index in [1.54, 1.807) is 6.07 Å². The largest absolute Gasteiger partial charge is 0.457 e. The summed E-state index contributed by atoms with van der Waals surface area (Å²) in [5.74, 6) is -0.499. The van der Waals surface area contributed by atoms with Crippen molar-refractivity contribution in [3.63, 3.8) is 0 Å². The van der Waals surface area contributed by atoms with Gasteiger partial charge in [0.2, 0.25) is 5.78 Å². The van der Waals surface area contributed by atoms with Crippen LogP contribution in [0.25, 0.3) is 10.2 Å². The Labute approximate surface area is 144 Å². The number of hydrogen-bond donors (Lipinski definition) is 0. The Kier molecular flexibility index (Phi) is 5.04. The zero-order valence-corrected chi connectivity index (χ0v) is 14.6. The number of hydrogen-bond acceptors (Lipinski definition) is 8. The second-order valence-electron chi connectivity index (χ2n) is 4.60. The van der Waals surface area contributed by atoms with E-state index in [1.807, 2.05) is 24.4 Å². The first-order valence-corrected chi connectivity index (χ1v) is 9.38. The smallest absolute Gasteiger partial charge is 0.316 e. The Bertz CT molecular complexity index is 856. The zero-order valence-electron chi connectivity index (χ0n) is 12.1. The Morgan fingerprint density at radius 3 is 2.91 bits per heavy atom. The summed E-state index contributed by atoms with van der Waals surface area (Å²) in [6, 6.07) is 5.55. The lowest BCUT2D eigenvalue weighted by molar-refractivity contribution is -0.139. The predicted molar refractivity (Wildman–Crippen MR) is 92.5 cm³/mol. The topological polar surface area (TPSA) is 69.2 Å². The van der Waals surface area contributed by atoms with Crippen LogP contribution in [0.2, 0.25) is 0 Å². The molecule has 23 heavy (non-hydrogen) atoms. The maximum Gasteiger partial charge on any atom is 0.316 e. The van der Waals surface area contributed by atoms with E-state index in [1.165, 1.54) is 40.8 Å². The summed E-state index contributed by atoms with van der Waals surface area (Å²) in [6.45, 7) is 1.70. The van der Waals surface area contributed by atoms with E-state index in [9.17, 15) is 9.59 Å². The number of carbonyl (C=O) groups excluding carboxylic acids is 2. The maximum absolute atomic E-state index is 11.9. The molecule has 0 aromatic carbocycles. The van der Waals surface area contributed by atoms with Gasteiger partial charge < -0.3 is 4.74 Å². The summed E-state index contributed by atoms with van der Waals surface area (Å²) < 4.78 is 5.04. The molecule has 118 valence electrons. The predicted octanol–water partition coefficient (Wildman–Crippen LogP) is 3.58. The van der Waals surface area contributed by atoms with Crippen molar-refractivity contribution in [2.75, 3.05) is 12.4 Å². The van der Waals surface area contributed by atoms with Gasteiger partial charge in [-0.1, -0.05) is 11.8 Å². The van der Waals surface area contributed by atoms with Crippen LogP contribution in [0.15, 0.2) is 34.9 Å². The van der Waals surface area contributed by atoms with E-state index >= 15 is 0 Å². The minimum atomic E-state index is -0.432. The molecule has 0 radical (unpaired) electrons. The first-order valence-electron chi connectivity index (χ1n) is 6.70. The first kappa shape index (κ1) is 16.1.